The molecule has 438 valence electrons. The molecule has 2 heterocycles. The summed E-state index contributed by atoms with van der Waals surface area (Å²) in [5.74, 6) is -7.39. The van der Waals surface area contributed by atoms with Crippen LogP contribution in [-0.4, -0.2) is 168 Å². The van der Waals surface area contributed by atoms with Crippen LogP contribution in [0.5, 0.6) is 11.5 Å². The van der Waals surface area contributed by atoms with Gasteiger partial charge in [0.15, 0.2) is 0 Å². The number of aromatic nitrogens is 2. The molecule has 81 heavy (non-hydrogen) atoms. The van der Waals surface area contributed by atoms with E-state index in [2.05, 4.69) is 47.2 Å². The van der Waals surface area contributed by atoms with Gasteiger partial charge in [0.2, 0.25) is 47.3 Å². The second-order valence-electron chi connectivity index (χ2n) is 20.5. The molecule has 1 aromatic heterocycles. The molecule has 10 atom stereocenters. The summed E-state index contributed by atoms with van der Waals surface area (Å²) >= 11 is 1.37. The van der Waals surface area contributed by atoms with Crippen LogP contribution in [0.2, 0.25) is 0 Å². The standard InChI is InChI=1S/C56H75N11O13S/c1-31(2)24-44(64-49(72)40(57)25-34-10-7-6-8-11-34)55(78)67-22-9-12-46(67)53(76)63-43(28-37-29-58-30-59-37)51(74)61-41(21-23-81-5)50(73)60-32(3)48(71)62-42(26-35-13-17-38(69)18-14-35)52(75)66-47(33(4)68)54(77)65-45(56(79)80)27-36-15-19-39(70)20-16-36/h6-8,10-11,13-20,29-33,40-47,68-70H,9,12,21-28,57H2,1-5H3,(H,58,59)(H,60,73)(H,61,74)(H,62,71)(H,63,76)(H,64,72)(H,65,77)(H,66,75)(H,79,80)/t32-,33+,40-,41-,42-,43-,44-,45-,46-,47-/m0/s1. The van der Waals surface area contributed by atoms with Crippen LogP contribution in [0.1, 0.15) is 75.8 Å². The number of H-pyrrole nitrogens is 1. The Morgan fingerprint density at radius 3 is 1.77 bits per heavy atom. The van der Waals surface area contributed by atoms with Crippen molar-refractivity contribution in [3.05, 3.63) is 114 Å². The number of rotatable bonds is 30. The van der Waals surface area contributed by atoms with E-state index in [1.54, 1.807) is 6.26 Å². The quantitative estimate of drug-likeness (QED) is 0.0329. The Morgan fingerprint density at radius 2 is 1.20 bits per heavy atom. The van der Waals surface area contributed by atoms with Crippen molar-refractivity contribution in [2.45, 2.75) is 140 Å². The van der Waals surface area contributed by atoms with Crippen LogP contribution in [0.25, 0.3) is 0 Å². The van der Waals surface area contributed by atoms with Crippen molar-refractivity contribution in [3.63, 3.8) is 0 Å². The van der Waals surface area contributed by atoms with Crippen LogP contribution in [0.15, 0.2) is 91.4 Å². The molecule has 0 radical (unpaired) electrons. The van der Waals surface area contributed by atoms with Crippen molar-refractivity contribution in [3.8, 4) is 11.5 Å². The number of likely N-dealkylation sites (tertiary alicyclic amines) is 1. The van der Waals surface area contributed by atoms with Gasteiger partial charge in [-0.15, -0.1) is 0 Å². The molecule has 14 N–H and O–H groups in total. The number of benzene rings is 3. The Morgan fingerprint density at radius 1 is 0.654 bits per heavy atom. The lowest BCUT2D eigenvalue weighted by Gasteiger charge is -2.31. The number of aliphatic carboxylic acids is 1. The third-order valence-electron chi connectivity index (χ3n) is 13.5. The number of imidazole rings is 1. The number of carboxylic acids is 1. The number of aliphatic hydroxyl groups is 1. The molecule has 4 aromatic rings. The number of amides is 8. The maximum absolute atomic E-state index is 14.4. The normalized spacial score (nSPS) is 16.4. The fraction of sp³-hybridized carbons (Fsp3) is 0.464. The van der Waals surface area contributed by atoms with Gasteiger partial charge in [-0.05, 0) is 105 Å². The minimum absolute atomic E-state index is 0.0278. The SMILES string of the molecule is CSCC[C@H](NC(=O)[C@H](Cc1cnc[nH]1)NC(=O)[C@@H]1CCCN1C(=O)[C@H](CC(C)C)NC(=O)[C@@H](N)Cc1ccccc1)C(=O)N[C@@H](C)C(=O)N[C@@H](Cc1ccc(O)cc1)C(=O)N[C@H](C(=O)N[C@@H](Cc1ccc(O)cc1)C(=O)O)[C@@H](C)O. The second kappa shape index (κ2) is 31.1. The smallest absolute Gasteiger partial charge is 0.326 e. The molecule has 0 aliphatic carbocycles. The second-order valence-corrected chi connectivity index (χ2v) is 21.5. The van der Waals surface area contributed by atoms with E-state index in [1.165, 1.54) is 91.6 Å². The largest absolute Gasteiger partial charge is 0.508 e. The first-order valence-electron chi connectivity index (χ1n) is 26.7. The van der Waals surface area contributed by atoms with Crippen LogP contribution in [0.4, 0.5) is 0 Å². The molecule has 3 aromatic carbocycles. The maximum atomic E-state index is 14.4. The van der Waals surface area contributed by atoms with E-state index < -0.39 is 114 Å². The monoisotopic (exact) mass is 1140 g/mol. The fourth-order valence-corrected chi connectivity index (χ4v) is 9.52. The summed E-state index contributed by atoms with van der Waals surface area (Å²) in [5.41, 5.74) is 8.48. The number of phenols is 2. The molecule has 0 spiro atoms. The molecule has 0 unspecified atom stereocenters. The van der Waals surface area contributed by atoms with Crippen molar-refractivity contribution in [1.29, 1.82) is 0 Å². The van der Waals surface area contributed by atoms with E-state index in [9.17, 15) is 63.6 Å². The summed E-state index contributed by atoms with van der Waals surface area (Å²) in [4.78, 5) is 133. The van der Waals surface area contributed by atoms with Crippen molar-refractivity contribution in [1.82, 2.24) is 52.1 Å². The van der Waals surface area contributed by atoms with E-state index in [1.807, 2.05) is 44.2 Å². The van der Waals surface area contributed by atoms with Crippen LogP contribution in [0, 0.1) is 5.92 Å². The number of nitrogens with one attached hydrogen (secondary N) is 8. The van der Waals surface area contributed by atoms with Gasteiger partial charge in [-0.25, -0.2) is 9.78 Å². The molecule has 25 heteroatoms. The number of hydrogen-bond acceptors (Lipinski definition) is 15. The first kappa shape index (κ1) is 63.8. The number of aliphatic hydroxyl groups excluding tert-OH is 1. The molecule has 0 bridgehead atoms. The van der Waals surface area contributed by atoms with Crippen molar-refractivity contribution in [2.75, 3.05) is 18.6 Å². The van der Waals surface area contributed by atoms with Gasteiger partial charge >= 0.3 is 5.97 Å². The number of nitrogens with two attached hydrogens (primary N) is 1. The summed E-state index contributed by atoms with van der Waals surface area (Å²) < 4.78 is 0. The summed E-state index contributed by atoms with van der Waals surface area (Å²) in [5, 5.41) is 58.4. The fourth-order valence-electron chi connectivity index (χ4n) is 9.05. The van der Waals surface area contributed by atoms with Crippen LogP contribution in [0.3, 0.4) is 0 Å². The number of hydrogen-bond donors (Lipinski definition) is 13. The molecule has 5 rings (SSSR count). The highest BCUT2D eigenvalue weighted by Crippen LogP contribution is 2.22. The molecule has 1 aliphatic heterocycles. The Kier molecular flexibility index (Phi) is 24.5. The van der Waals surface area contributed by atoms with E-state index in [-0.39, 0.29) is 68.9 Å². The molecule has 1 saturated heterocycles. The van der Waals surface area contributed by atoms with Crippen molar-refractivity contribution >= 4 is 65.0 Å². The topological polar surface area (TPSA) is 377 Å². The highest BCUT2D eigenvalue weighted by Gasteiger charge is 2.40. The summed E-state index contributed by atoms with van der Waals surface area (Å²) in [6, 6.07) is 8.82. The summed E-state index contributed by atoms with van der Waals surface area (Å²) in [7, 11) is 0. The van der Waals surface area contributed by atoms with Gasteiger partial charge in [0, 0.05) is 37.7 Å². The third-order valence-corrected chi connectivity index (χ3v) is 14.1. The minimum atomic E-state index is -1.73. The van der Waals surface area contributed by atoms with Crippen LogP contribution >= 0.6 is 11.8 Å². The maximum Gasteiger partial charge on any atom is 0.326 e. The number of phenolic OH excluding ortho intramolecular Hbond substituents is 2. The highest BCUT2D eigenvalue weighted by atomic mass is 32.2. The Balaban J connectivity index is 1.28. The number of carbonyl (C=O) groups excluding carboxylic acids is 8. The van der Waals surface area contributed by atoms with Gasteiger partial charge in [0.25, 0.3) is 0 Å². The highest BCUT2D eigenvalue weighted by molar-refractivity contribution is 7.98. The first-order valence-corrected chi connectivity index (χ1v) is 28.1. The van der Waals surface area contributed by atoms with Crippen molar-refractivity contribution in [2.24, 2.45) is 11.7 Å². The van der Waals surface area contributed by atoms with E-state index >= 15 is 0 Å². The summed E-state index contributed by atoms with van der Waals surface area (Å²) in [6.45, 7) is 6.52. The number of nitrogens with zero attached hydrogens (tertiary/aromatic N) is 2. The van der Waals surface area contributed by atoms with Crippen LogP contribution < -0.4 is 43.0 Å². The number of aromatic amines is 1. The molecular weight excluding hydrogens is 1070 g/mol. The number of carbonyl (C=O) groups is 9. The first-order chi connectivity index (χ1) is 38.5. The van der Waals surface area contributed by atoms with Gasteiger partial charge < -0.3 is 73.3 Å². The van der Waals surface area contributed by atoms with Gasteiger partial charge in [-0.2, -0.15) is 11.8 Å². The predicted octanol–water partition coefficient (Wildman–Crippen LogP) is 0.0879. The summed E-state index contributed by atoms with van der Waals surface area (Å²) in [6.07, 6.45) is 3.79. The number of carboxylic acid groups (broad SMARTS) is 1. The van der Waals surface area contributed by atoms with E-state index in [4.69, 9.17) is 5.73 Å². The minimum Gasteiger partial charge on any atom is -0.508 e. The molecule has 24 nitrogen and oxygen atoms in total. The molecule has 1 aliphatic rings. The molecule has 0 saturated carbocycles. The van der Waals surface area contributed by atoms with E-state index in [0.29, 0.717) is 29.0 Å². The van der Waals surface area contributed by atoms with Crippen LogP contribution in [-0.2, 0) is 68.8 Å². The zero-order valence-corrected chi connectivity index (χ0v) is 46.7. The molecule has 1 fully saturated rings. The molecular formula is C56H75N11O13S. The lowest BCUT2D eigenvalue weighted by Crippen LogP contribution is -2.61. The van der Waals surface area contributed by atoms with Crippen molar-refractivity contribution < 1.29 is 63.6 Å². The average Bonchev–Trinajstić information content (AvgIpc) is 4.24. The lowest BCUT2D eigenvalue weighted by molar-refractivity contribution is -0.143. The zero-order chi connectivity index (χ0) is 59.3. The van der Waals surface area contributed by atoms with E-state index in [0.717, 1.165) is 5.56 Å². The van der Waals surface area contributed by atoms with Gasteiger partial charge in [0.1, 0.15) is 59.8 Å². The predicted molar refractivity (Wildman–Crippen MR) is 300 cm³/mol. The van der Waals surface area contributed by atoms with Gasteiger partial charge in [-0.3, -0.25) is 38.4 Å². The molecule has 8 amide bonds. The number of aromatic hydroxyl groups is 2. The number of thioether (sulfide) groups is 1. The Hall–Kier alpha value is -8.03. The Bertz CT molecular complexity index is 2750. The Labute approximate surface area is 474 Å². The zero-order valence-electron chi connectivity index (χ0n) is 45.9. The van der Waals surface area contributed by atoms with Gasteiger partial charge in [-0.1, -0.05) is 68.4 Å². The third kappa shape index (κ3) is 19.9. The average molecular weight is 1140 g/mol. The lowest BCUT2D eigenvalue weighted by atomic mass is 10.0. The van der Waals surface area contributed by atoms with Gasteiger partial charge in [0.05, 0.1) is 18.5 Å².